The average molecular weight is 301 g/mol. The molecule has 0 aliphatic heterocycles. The van der Waals surface area contributed by atoms with Crippen LogP contribution in [-0.2, 0) is 19.6 Å². The van der Waals surface area contributed by atoms with Crippen molar-refractivity contribution in [2.45, 2.75) is 26.6 Å². The summed E-state index contributed by atoms with van der Waals surface area (Å²) in [7, 11) is 2.13. The lowest BCUT2D eigenvalue weighted by Gasteiger charge is -2.15. The maximum Gasteiger partial charge on any atom is 0.0931 e. The fourth-order valence-electron chi connectivity index (χ4n) is 1.89. The van der Waals surface area contributed by atoms with E-state index in [1.807, 2.05) is 6.07 Å². The van der Waals surface area contributed by atoms with Crippen LogP contribution < -0.4 is 5.73 Å². The topological polar surface area (TPSA) is 29.3 Å². The number of hydrogen-bond acceptors (Lipinski definition) is 4. The van der Waals surface area contributed by atoms with Crippen LogP contribution in [0.25, 0.3) is 0 Å². The van der Waals surface area contributed by atoms with E-state index < -0.39 is 0 Å². The molecule has 18 heavy (non-hydrogen) atoms. The van der Waals surface area contributed by atoms with Crippen LogP contribution in [0, 0.1) is 6.92 Å². The summed E-state index contributed by atoms with van der Waals surface area (Å²) in [4.78, 5) is 6.23. The summed E-state index contributed by atoms with van der Waals surface area (Å²) in [6.07, 6.45) is 0. The first kappa shape index (κ1) is 14.0. The van der Waals surface area contributed by atoms with E-state index in [4.69, 9.17) is 17.3 Å². The molecule has 0 aliphatic rings. The van der Waals surface area contributed by atoms with Gasteiger partial charge < -0.3 is 5.73 Å². The van der Waals surface area contributed by atoms with E-state index in [-0.39, 0.29) is 0 Å². The Balaban J connectivity index is 1.98. The van der Waals surface area contributed by atoms with Gasteiger partial charge in [0.05, 0.1) is 4.34 Å². The van der Waals surface area contributed by atoms with Crippen molar-refractivity contribution in [3.05, 3.63) is 42.7 Å². The average Bonchev–Trinajstić information content (AvgIpc) is 2.86. The van der Waals surface area contributed by atoms with Crippen molar-refractivity contribution in [3.63, 3.8) is 0 Å². The fraction of sp³-hybridized carbons (Fsp3) is 0.385. The molecule has 2 rings (SSSR count). The predicted octanol–water partition coefficient (Wildman–Crippen LogP) is 3.86. The highest BCUT2D eigenvalue weighted by atomic mass is 35.5. The third kappa shape index (κ3) is 3.56. The zero-order chi connectivity index (χ0) is 13.1. The Labute approximate surface area is 121 Å². The van der Waals surface area contributed by atoms with Gasteiger partial charge in [0, 0.05) is 34.3 Å². The molecule has 2 N–H and O–H groups in total. The summed E-state index contributed by atoms with van der Waals surface area (Å²) in [5, 5.41) is 0. The van der Waals surface area contributed by atoms with Crippen molar-refractivity contribution < 1.29 is 0 Å². The molecule has 0 unspecified atom stereocenters. The van der Waals surface area contributed by atoms with Crippen molar-refractivity contribution >= 4 is 34.3 Å². The minimum Gasteiger partial charge on any atom is -0.326 e. The summed E-state index contributed by atoms with van der Waals surface area (Å²) in [5.74, 6) is 0. The van der Waals surface area contributed by atoms with Crippen LogP contribution in [0.2, 0.25) is 4.34 Å². The highest BCUT2D eigenvalue weighted by Crippen LogP contribution is 2.25. The molecule has 0 saturated heterocycles. The number of nitrogens with two attached hydrogens (primary N) is 1. The van der Waals surface area contributed by atoms with Gasteiger partial charge in [0.2, 0.25) is 0 Å². The fourth-order valence-corrected chi connectivity index (χ4v) is 3.99. The number of rotatable bonds is 5. The van der Waals surface area contributed by atoms with Crippen molar-refractivity contribution in [2.24, 2.45) is 5.73 Å². The largest absolute Gasteiger partial charge is 0.326 e. The van der Waals surface area contributed by atoms with E-state index in [0.717, 1.165) is 17.4 Å². The zero-order valence-electron chi connectivity index (χ0n) is 10.6. The first-order chi connectivity index (χ1) is 8.58. The van der Waals surface area contributed by atoms with E-state index in [9.17, 15) is 0 Å². The summed E-state index contributed by atoms with van der Waals surface area (Å²) in [6, 6.07) is 6.27. The Morgan fingerprint density at radius 2 is 2.00 bits per heavy atom. The van der Waals surface area contributed by atoms with Crippen LogP contribution in [0.15, 0.2) is 18.2 Å². The van der Waals surface area contributed by atoms with Crippen molar-refractivity contribution in [1.82, 2.24) is 4.90 Å². The van der Waals surface area contributed by atoms with E-state index in [1.165, 1.54) is 20.2 Å². The molecule has 2 aromatic heterocycles. The summed E-state index contributed by atoms with van der Waals surface area (Å²) >= 11 is 9.38. The normalized spacial score (nSPS) is 11.4. The summed E-state index contributed by atoms with van der Waals surface area (Å²) < 4.78 is 0.857. The van der Waals surface area contributed by atoms with Crippen LogP contribution in [0.5, 0.6) is 0 Å². The lowest BCUT2D eigenvalue weighted by Crippen LogP contribution is -2.16. The SMILES string of the molecule is Cc1sc(CN)cc1CN(C)Cc1ccc(Cl)s1. The summed E-state index contributed by atoms with van der Waals surface area (Å²) in [5.41, 5.74) is 7.05. The molecule has 0 aromatic carbocycles. The van der Waals surface area contributed by atoms with E-state index in [0.29, 0.717) is 6.54 Å². The van der Waals surface area contributed by atoms with Gasteiger partial charge in [-0.2, -0.15) is 0 Å². The van der Waals surface area contributed by atoms with Gasteiger partial charge in [-0.25, -0.2) is 0 Å². The molecule has 2 nitrogen and oxygen atoms in total. The van der Waals surface area contributed by atoms with E-state index >= 15 is 0 Å². The number of thiophene rings is 2. The van der Waals surface area contributed by atoms with Gasteiger partial charge in [-0.3, -0.25) is 4.90 Å². The first-order valence-corrected chi connectivity index (χ1v) is 7.80. The van der Waals surface area contributed by atoms with Crippen LogP contribution in [0.1, 0.15) is 20.2 Å². The third-order valence-electron chi connectivity index (χ3n) is 2.77. The van der Waals surface area contributed by atoms with Crippen LogP contribution in [-0.4, -0.2) is 11.9 Å². The monoisotopic (exact) mass is 300 g/mol. The molecule has 5 heteroatoms. The Morgan fingerprint density at radius 3 is 2.56 bits per heavy atom. The van der Waals surface area contributed by atoms with Gasteiger partial charge in [0.1, 0.15) is 0 Å². The molecule has 0 atom stereocenters. The molecule has 2 heterocycles. The highest BCUT2D eigenvalue weighted by molar-refractivity contribution is 7.16. The molecule has 0 saturated carbocycles. The minimum absolute atomic E-state index is 0.635. The Bertz CT molecular complexity index is 519. The third-order valence-corrected chi connectivity index (χ3v) is 5.10. The maximum atomic E-state index is 5.94. The van der Waals surface area contributed by atoms with Crippen molar-refractivity contribution in [3.8, 4) is 0 Å². The second kappa shape index (κ2) is 6.17. The smallest absolute Gasteiger partial charge is 0.0931 e. The molecular weight excluding hydrogens is 284 g/mol. The quantitative estimate of drug-likeness (QED) is 0.908. The molecule has 0 fully saturated rings. The van der Waals surface area contributed by atoms with Gasteiger partial charge >= 0.3 is 0 Å². The van der Waals surface area contributed by atoms with E-state index in [1.54, 1.807) is 22.7 Å². The lowest BCUT2D eigenvalue weighted by molar-refractivity contribution is 0.322. The van der Waals surface area contributed by atoms with Gasteiger partial charge in [-0.15, -0.1) is 22.7 Å². The number of halogens is 1. The number of aryl methyl sites for hydroxylation is 1. The molecule has 0 spiro atoms. The van der Waals surface area contributed by atoms with Gasteiger partial charge in [0.25, 0.3) is 0 Å². The Hall–Kier alpha value is -0.390. The standard InChI is InChI=1S/C13H17ClN2S2/c1-9-10(5-12(6-15)17-9)7-16(2)8-11-3-4-13(14)18-11/h3-5H,6-8,15H2,1-2H3. The second-order valence-electron chi connectivity index (χ2n) is 4.38. The minimum atomic E-state index is 0.635. The molecule has 0 bridgehead atoms. The van der Waals surface area contributed by atoms with E-state index in [2.05, 4.69) is 31.0 Å². The highest BCUT2D eigenvalue weighted by Gasteiger charge is 2.09. The number of hydrogen-bond donors (Lipinski definition) is 1. The van der Waals surface area contributed by atoms with Crippen LogP contribution in [0.4, 0.5) is 0 Å². The lowest BCUT2D eigenvalue weighted by atomic mass is 10.2. The summed E-state index contributed by atoms with van der Waals surface area (Å²) in [6.45, 7) is 4.69. The molecule has 0 aliphatic carbocycles. The Kier molecular flexibility index (Phi) is 4.81. The van der Waals surface area contributed by atoms with Gasteiger partial charge in [-0.05, 0) is 37.7 Å². The molecule has 0 amide bonds. The molecule has 0 radical (unpaired) electrons. The number of nitrogens with zero attached hydrogens (tertiary/aromatic N) is 1. The van der Waals surface area contributed by atoms with Crippen molar-refractivity contribution in [2.75, 3.05) is 7.05 Å². The van der Waals surface area contributed by atoms with Crippen molar-refractivity contribution in [1.29, 1.82) is 0 Å². The molecule has 98 valence electrons. The van der Waals surface area contributed by atoms with Gasteiger partial charge in [0.15, 0.2) is 0 Å². The molecule has 2 aromatic rings. The maximum absolute atomic E-state index is 5.94. The Morgan fingerprint density at radius 1 is 1.22 bits per heavy atom. The second-order valence-corrected chi connectivity index (χ2v) is 7.52. The molecular formula is C13H17ClN2S2. The zero-order valence-corrected chi connectivity index (χ0v) is 13.0. The van der Waals surface area contributed by atoms with Crippen LogP contribution >= 0.6 is 34.3 Å². The van der Waals surface area contributed by atoms with Crippen LogP contribution in [0.3, 0.4) is 0 Å². The van der Waals surface area contributed by atoms with Gasteiger partial charge in [-0.1, -0.05) is 11.6 Å². The predicted molar refractivity (Wildman–Crippen MR) is 81.4 cm³/mol. The first-order valence-electron chi connectivity index (χ1n) is 5.79.